The molecule has 1 fully saturated rings. The highest BCUT2D eigenvalue weighted by Crippen LogP contribution is 2.39. The van der Waals surface area contributed by atoms with Crippen molar-refractivity contribution in [2.24, 2.45) is 13.0 Å². The summed E-state index contributed by atoms with van der Waals surface area (Å²) in [5, 5.41) is 11.9. The molecular formula is C24H30N4O3. The summed E-state index contributed by atoms with van der Waals surface area (Å²) in [5.41, 5.74) is 3.97. The first-order chi connectivity index (χ1) is 15.0. The number of hydrogen-bond donors (Lipinski definition) is 1. The molecule has 1 aromatic carbocycles. The van der Waals surface area contributed by atoms with Crippen molar-refractivity contribution in [3.8, 4) is 17.1 Å². The fourth-order valence-corrected chi connectivity index (χ4v) is 4.42. The minimum Gasteiger partial charge on any atom is -0.497 e. The van der Waals surface area contributed by atoms with Crippen LogP contribution in [0, 0.1) is 12.8 Å². The first kappa shape index (κ1) is 21.2. The molecule has 2 aromatic heterocycles. The standard InChI is InChI=1S/C24H30N4O3/c1-16-11-22(31-27-16)21-15-28(2)26-24(21)19-9-7-17(8-10-19)14-25-23(29)13-18-5-4-6-20(12-18)30-3/h4-6,11-12,15,17,19H,7-10,13-14H2,1-3H3,(H,25,29). The summed E-state index contributed by atoms with van der Waals surface area (Å²) in [4.78, 5) is 12.4. The summed E-state index contributed by atoms with van der Waals surface area (Å²) < 4.78 is 12.6. The van der Waals surface area contributed by atoms with Crippen LogP contribution in [-0.2, 0) is 18.3 Å². The fraction of sp³-hybridized carbons (Fsp3) is 0.458. The molecule has 1 aliphatic carbocycles. The molecule has 7 heteroatoms. The first-order valence-electron chi connectivity index (χ1n) is 10.9. The van der Waals surface area contributed by atoms with Crippen LogP contribution in [-0.4, -0.2) is 34.5 Å². The van der Waals surface area contributed by atoms with Gasteiger partial charge in [-0.3, -0.25) is 9.48 Å². The quantitative estimate of drug-likeness (QED) is 0.622. The van der Waals surface area contributed by atoms with Crippen molar-refractivity contribution in [3.63, 3.8) is 0 Å². The predicted octanol–water partition coefficient (Wildman–Crippen LogP) is 4.02. The summed E-state index contributed by atoms with van der Waals surface area (Å²) >= 11 is 0. The van der Waals surface area contributed by atoms with Gasteiger partial charge in [-0.2, -0.15) is 5.10 Å². The van der Waals surface area contributed by atoms with E-state index in [9.17, 15) is 4.79 Å². The van der Waals surface area contributed by atoms with Gasteiger partial charge in [0.2, 0.25) is 5.91 Å². The van der Waals surface area contributed by atoms with Gasteiger partial charge in [0.05, 0.1) is 30.5 Å². The van der Waals surface area contributed by atoms with E-state index in [1.54, 1.807) is 7.11 Å². The van der Waals surface area contributed by atoms with Crippen molar-refractivity contribution in [2.75, 3.05) is 13.7 Å². The van der Waals surface area contributed by atoms with E-state index in [1.807, 2.05) is 55.2 Å². The molecule has 0 atom stereocenters. The SMILES string of the molecule is COc1cccc(CC(=O)NCC2CCC(c3nn(C)cc3-c3cc(C)no3)CC2)c1. The van der Waals surface area contributed by atoms with Crippen LogP contribution in [0.3, 0.4) is 0 Å². The zero-order valence-corrected chi connectivity index (χ0v) is 18.4. The third kappa shape index (κ3) is 5.16. The number of nitrogens with zero attached hydrogens (tertiary/aromatic N) is 3. The Morgan fingerprint density at radius 1 is 1.26 bits per heavy atom. The summed E-state index contributed by atoms with van der Waals surface area (Å²) in [5.74, 6) is 2.53. The fourth-order valence-electron chi connectivity index (χ4n) is 4.42. The Balaban J connectivity index is 1.29. The Morgan fingerprint density at radius 3 is 2.77 bits per heavy atom. The third-order valence-electron chi connectivity index (χ3n) is 6.07. The number of amides is 1. The molecular weight excluding hydrogens is 392 g/mol. The molecule has 1 aliphatic rings. The third-order valence-corrected chi connectivity index (χ3v) is 6.07. The van der Waals surface area contributed by atoms with E-state index in [0.717, 1.165) is 66.3 Å². The Bertz CT molecular complexity index is 1030. The molecule has 0 aliphatic heterocycles. The Kier molecular flexibility index (Phi) is 6.39. The van der Waals surface area contributed by atoms with Crippen LogP contribution in [0.25, 0.3) is 11.3 Å². The van der Waals surface area contributed by atoms with E-state index < -0.39 is 0 Å². The minimum absolute atomic E-state index is 0.0584. The van der Waals surface area contributed by atoms with Gasteiger partial charge in [0, 0.05) is 31.8 Å². The van der Waals surface area contributed by atoms with Gasteiger partial charge in [-0.25, -0.2) is 0 Å². The average molecular weight is 423 g/mol. The number of rotatable bonds is 7. The van der Waals surface area contributed by atoms with E-state index in [2.05, 4.69) is 10.5 Å². The molecule has 0 saturated heterocycles. The topological polar surface area (TPSA) is 82.2 Å². The Hall–Kier alpha value is -3.09. The molecule has 1 saturated carbocycles. The lowest BCUT2D eigenvalue weighted by molar-refractivity contribution is -0.120. The molecule has 7 nitrogen and oxygen atoms in total. The second kappa shape index (κ2) is 9.37. The lowest BCUT2D eigenvalue weighted by Gasteiger charge is -2.28. The number of carbonyl (C=O) groups is 1. The summed E-state index contributed by atoms with van der Waals surface area (Å²) in [6, 6.07) is 9.62. The van der Waals surface area contributed by atoms with Crippen LogP contribution in [0.15, 0.2) is 41.1 Å². The van der Waals surface area contributed by atoms with Crippen LogP contribution in [0.1, 0.15) is 48.6 Å². The maximum Gasteiger partial charge on any atom is 0.224 e. The molecule has 4 rings (SSSR count). The minimum atomic E-state index is 0.0584. The highest BCUT2D eigenvalue weighted by molar-refractivity contribution is 5.78. The number of nitrogens with one attached hydrogen (secondary N) is 1. The summed E-state index contributed by atoms with van der Waals surface area (Å²) in [7, 11) is 3.58. The number of aromatic nitrogens is 3. The molecule has 164 valence electrons. The van der Waals surface area contributed by atoms with Crippen LogP contribution < -0.4 is 10.1 Å². The molecule has 0 unspecified atom stereocenters. The van der Waals surface area contributed by atoms with Gasteiger partial charge >= 0.3 is 0 Å². The lowest BCUT2D eigenvalue weighted by Crippen LogP contribution is -2.32. The number of benzene rings is 1. The van der Waals surface area contributed by atoms with E-state index in [1.165, 1.54) is 0 Å². The van der Waals surface area contributed by atoms with Crippen molar-refractivity contribution >= 4 is 5.91 Å². The zero-order valence-electron chi connectivity index (χ0n) is 18.4. The van der Waals surface area contributed by atoms with Gasteiger partial charge in [-0.05, 0) is 56.2 Å². The van der Waals surface area contributed by atoms with Crippen LogP contribution in [0.5, 0.6) is 5.75 Å². The number of methoxy groups -OCH3 is 1. The molecule has 1 amide bonds. The number of carbonyl (C=O) groups excluding carboxylic acids is 1. The van der Waals surface area contributed by atoms with Gasteiger partial charge in [0.15, 0.2) is 5.76 Å². The molecule has 0 bridgehead atoms. The summed E-state index contributed by atoms with van der Waals surface area (Å²) in [6.07, 6.45) is 6.67. The predicted molar refractivity (Wildman–Crippen MR) is 118 cm³/mol. The van der Waals surface area contributed by atoms with Crippen molar-refractivity contribution in [1.82, 2.24) is 20.3 Å². The number of hydrogen-bond acceptors (Lipinski definition) is 5. The van der Waals surface area contributed by atoms with E-state index >= 15 is 0 Å². The Morgan fingerprint density at radius 2 is 2.06 bits per heavy atom. The van der Waals surface area contributed by atoms with Gasteiger partial charge in [-0.1, -0.05) is 17.3 Å². The second-order valence-corrected chi connectivity index (χ2v) is 8.48. The monoisotopic (exact) mass is 422 g/mol. The number of aryl methyl sites for hydroxylation is 2. The van der Waals surface area contributed by atoms with E-state index in [0.29, 0.717) is 18.3 Å². The molecule has 1 N–H and O–H groups in total. The van der Waals surface area contributed by atoms with Gasteiger partial charge in [0.25, 0.3) is 0 Å². The van der Waals surface area contributed by atoms with Crippen LogP contribution in [0.2, 0.25) is 0 Å². The molecule has 0 spiro atoms. The van der Waals surface area contributed by atoms with Crippen molar-refractivity contribution in [3.05, 3.63) is 53.5 Å². The van der Waals surface area contributed by atoms with Crippen LogP contribution >= 0.6 is 0 Å². The van der Waals surface area contributed by atoms with Crippen molar-refractivity contribution in [2.45, 2.75) is 44.9 Å². The Labute approximate surface area is 182 Å². The largest absolute Gasteiger partial charge is 0.497 e. The van der Waals surface area contributed by atoms with Gasteiger partial charge in [0.1, 0.15) is 5.75 Å². The van der Waals surface area contributed by atoms with Crippen molar-refractivity contribution in [1.29, 1.82) is 0 Å². The zero-order chi connectivity index (χ0) is 21.8. The maximum absolute atomic E-state index is 12.4. The molecule has 0 radical (unpaired) electrons. The smallest absolute Gasteiger partial charge is 0.224 e. The van der Waals surface area contributed by atoms with Gasteiger partial charge in [-0.15, -0.1) is 0 Å². The van der Waals surface area contributed by atoms with Gasteiger partial charge < -0.3 is 14.6 Å². The molecule has 31 heavy (non-hydrogen) atoms. The van der Waals surface area contributed by atoms with Crippen molar-refractivity contribution < 1.29 is 14.1 Å². The molecule has 3 aromatic rings. The van der Waals surface area contributed by atoms with Crippen LogP contribution in [0.4, 0.5) is 0 Å². The van der Waals surface area contributed by atoms with E-state index in [4.69, 9.17) is 14.4 Å². The second-order valence-electron chi connectivity index (χ2n) is 8.48. The highest BCUT2D eigenvalue weighted by atomic mass is 16.5. The maximum atomic E-state index is 12.4. The first-order valence-corrected chi connectivity index (χ1v) is 10.9. The summed E-state index contributed by atoms with van der Waals surface area (Å²) in [6.45, 7) is 2.66. The average Bonchev–Trinajstić information content (AvgIpc) is 3.38. The lowest BCUT2D eigenvalue weighted by atomic mass is 9.79. The van der Waals surface area contributed by atoms with E-state index in [-0.39, 0.29) is 5.91 Å². The molecule has 2 heterocycles. The number of ether oxygens (including phenoxy) is 1. The normalized spacial score (nSPS) is 18.7. The highest BCUT2D eigenvalue weighted by Gasteiger charge is 2.28.